The van der Waals surface area contributed by atoms with Crippen LogP contribution in [0.4, 0.5) is 14.5 Å². The lowest BCUT2D eigenvalue weighted by Gasteiger charge is -2.13. The van der Waals surface area contributed by atoms with Crippen LogP contribution in [-0.4, -0.2) is 12.1 Å². The van der Waals surface area contributed by atoms with Crippen LogP contribution in [-0.2, 0) is 5.38 Å². The maximum Gasteiger partial charge on any atom is 0.366 e. The Balaban J connectivity index is 2.86. The first-order valence-corrected chi connectivity index (χ1v) is 5.50. The number of nitrogen functional groups attached to an aromatic ring is 1. The number of benzene rings is 1. The molecule has 2 rings (SSSR count). The summed E-state index contributed by atoms with van der Waals surface area (Å²) >= 11 is 4.95. The highest BCUT2D eigenvalue weighted by atomic mass is 35.5. The number of pyridine rings is 1. The van der Waals surface area contributed by atoms with E-state index in [1.165, 1.54) is 19.2 Å². The van der Waals surface area contributed by atoms with Gasteiger partial charge in [0, 0.05) is 5.39 Å². The number of aromatic nitrogens is 1. The van der Waals surface area contributed by atoms with E-state index in [1.807, 2.05) is 0 Å². The van der Waals surface area contributed by atoms with Gasteiger partial charge in [-0.15, -0.1) is 0 Å². The molecular weight excluding hydrogens is 276 g/mol. The highest BCUT2D eigenvalue weighted by molar-refractivity contribution is 6.22. The second kappa shape index (κ2) is 4.52. The van der Waals surface area contributed by atoms with E-state index < -0.39 is 16.6 Å². The highest BCUT2D eigenvalue weighted by Gasteiger charge is 2.35. The molecule has 0 aliphatic carbocycles. The smallest absolute Gasteiger partial charge is 0.366 e. The van der Waals surface area contributed by atoms with Gasteiger partial charge in [-0.2, -0.15) is 14.0 Å². The number of hydrogen-bond acceptors (Lipinski definition) is 4. The van der Waals surface area contributed by atoms with Gasteiger partial charge in [0.15, 0.2) is 0 Å². The molecule has 4 nitrogen and oxygen atoms in total. The Morgan fingerprint density at radius 3 is 2.68 bits per heavy atom. The van der Waals surface area contributed by atoms with E-state index in [4.69, 9.17) is 27.3 Å². The molecule has 0 spiro atoms. The first-order chi connectivity index (χ1) is 8.88. The molecule has 7 heteroatoms. The van der Waals surface area contributed by atoms with Crippen LogP contribution in [0, 0.1) is 11.3 Å². The maximum atomic E-state index is 13.2. The Hall–Kier alpha value is -2.13. The lowest BCUT2D eigenvalue weighted by Crippen LogP contribution is -2.12. The van der Waals surface area contributed by atoms with E-state index in [-0.39, 0.29) is 11.2 Å². The first-order valence-electron chi connectivity index (χ1n) is 5.13. The van der Waals surface area contributed by atoms with Crippen LogP contribution in [0.5, 0.6) is 5.75 Å². The van der Waals surface area contributed by atoms with Crippen molar-refractivity contribution in [2.75, 3.05) is 12.8 Å². The summed E-state index contributed by atoms with van der Waals surface area (Å²) in [6, 6.07) is 6.15. The second-order valence-corrected chi connectivity index (χ2v) is 4.22. The highest BCUT2D eigenvalue weighted by Crippen LogP contribution is 2.38. The fourth-order valence-corrected chi connectivity index (χ4v) is 1.85. The fraction of sp³-hybridized carbons (Fsp3) is 0.167. The van der Waals surface area contributed by atoms with Crippen LogP contribution in [0.25, 0.3) is 10.9 Å². The number of nitrogens with zero attached hydrogens (tertiary/aromatic N) is 2. The van der Waals surface area contributed by atoms with Crippen molar-refractivity contribution in [2.24, 2.45) is 0 Å². The van der Waals surface area contributed by atoms with E-state index in [0.29, 0.717) is 11.1 Å². The van der Waals surface area contributed by atoms with Crippen molar-refractivity contribution in [2.45, 2.75) is 5.38 Å². The average molecular weight is 284 g/mol. The Morgan fingerprint density at radius 2 is 2.16 bits per heavy atom. The molecule has 0 saturated heterocycles. The van der Waals surface area contributed by atoms with Gasteiger partial charge in [0.2, 0.25) is 0 Å². The molecule has 0 atom stereocenters. The third kappa shape index (κ3) is 2.25. The largest absolute Gasteiger partial charge is 0.497 e. The predicted octanol–water partition coefficient (Wildman–Crippen LogP) is 2.99. The molecule has 0 aliphatic heterocycles. The van der Waals surface area contributed by atoms with Gasteiger partial charge in [-0.05, 0) is 29.8 Å². The van der Waals surface area contributed by atoms with Gasteiger partial charge in [-0.1, -0.05) is 0 Å². The van der Waals surface area contributed by atoms with Crippen LogP contribution in [0.2, 0.25) is 0 Å². The third-order valence-corrected chi connectivity index (χ3v) is 2.79. The van der Waals surface area contributed by atoms with Gasteiger partial charge < -0.3 is 10.5 Å². The van der Waals surface area contributed by atoms with Crippen molar-refractivity contribution < 1.29 is 13.5 Å². The average Bonchev–Trinajstić information content (AvgIpc) is 2.37. The summed E-state index contributed by atoms with van der Waals surface area (Å²) in [6.07, 6.45) is 0. The summed E-state index contributed by atoms with van der Waals surface area (Å²) in [5.41, 5.74) is 4.59. The summed E-state index contributed by atoms with van der Waals surface area (Å²) in [4.78, 5) is 3.71. The lowest BCUT2D eigenvalue weighted by atomic mass is 10.1. The van der Waals surface area contributed by atoms with Gasteiger partial charge in [-0.3, -0.25) is 0 Å². The number of nitriles is 1. The number of fused-ring (bicyclic) bond motifs is 1. The number of halogens is 3. The van der Waals surface area contributed by atoms with Gasteiger partial charge in [0.05, 0.1) is 18.3 Å². The normalized spacial score (nSPS) is 11.3. The van der Waals surface area contributed by atoms with E-state index in [1.54, 1.807) is 12.1 Å². The maximum absolute atomic E-state index is 13.2. The number of rotatable bonds is 2. The molecule has 0 unspecified atom stereocenters. The van der Waals surface area contributed by atoms with Crippen molar-refractivity contribution in [3.63, 3.8) is 0 Å². The Morgan fingerprint density at radius 1 is 1.47 bits per heavy atom. The standard InChI is InChI=1S/C12H8ClF2N3O/c1-19-6-2-3-9-7(4-6)10(17)8(5-16)11(18-9)12(13,14)15/h2-4H,1H3,(H2,17,18). The number of hydrogen-bond donors (Lipinski definition) is 1. The number of methoxy groups -OCH3 is 1. The SMILES string of the molecule is COc1ccc2nc(C(F)(F)Cl)c(C#N)c(N)c2c1. The minimum Gasteiger partial charge on any atom is -0.497 e. The lowest BCUT2D eigenvalue weighted by molar-refractivity contribution is 0.0901. The number of ether oxygens (including phenoxy) is 1. The van der Waals surface area contributed by atoms with E-state index in [9.17, 15) is 8.78 Å². The molecule has 0 fully saturated rings. The quantitative estimate of drug-likeness (QED) is 0.860. The van der Waals surface area contributed by atoms with Crippen LogP contribution in [0.15, 0.2) is 18.2 Å². The summed E-state index contributed by atoms with van der Waals surface area (Å²) in [6.45, 7) is 0. The summed E-state index contributed by atoms with van der Waals surface area (Å²) in [7, 11) is 1.46. The second-order valence-electron chi connectivity index (χ2n) is 3.74. The summed E-state index contributed by atoms with van der Waals surface area (Å²) in [5, 5.41) is 5.56. The monoisotopic (exact) mass is 283 g/mol. The third-order valence-electron chi connectivity index (χ3n) is 2.61. The summed E-state index contributed by atoms with van der Waals surface area (Å²) < 4.78 is 31.5. The molecule has 1 heterocycles. The zero-order valence-corrected chi connectivity index (χ0v) is 10.5. The molecule has 2 aromatic rings. The van der Waals surface area contributed by atoms with Crippen molar-refractivity contribution in [3.8, 4) is 11.8 Å². The van der Waals surface area contributed by atoms with E-state index in [2.05, 4.69) is 4.98 Å². The molecule has 1 aromatic carbocycles. The first kappa shape index (κ1) is 13.3. The Bertz CT molecular complexity index is 692. The number of nitrogens with two attached hydrogens (primary N) is 1. The Labute approximate surface area is 112 Å². The van der Waals surface area contributed by atoms with Crippen LogP contribution >= 0.6 is 11.6 Å². The molecule has 0 amide bonds. The molecule has 1 aromatic heterocycles. The van der Waals surface area contributed by atoms with Crippen molar-refractivity contribution in [1.29, 1.82) is 5.26 Å². The minimum atomic E-state index is -3.76. The molecule has 19 heavy (non-hydrogen) atoms. The Kier molecular flexibility index (Phi) is 3.16. The van der Waals surface area contributed by atoms with Gasteiger partial charge >= 0.3 is 5.38 Å². The van der Waals surface area contributed by atoms with Gasteiger partial charge in [0.25, 0.3) is 0 Å². The van der Waals surface area contributed by atoms with Crippen molar-refractivity contribution in [3.05, 3.63) is 29.5 Å². The van der Waals surface area contributed by atoms with Crippen LogP contribution < -0.4 is 10.5 Å². The predicted molar refractivity (Wildman–Crippen MR) is 67.2 cm³/mol. The van der Waals surface area contributed by atoms with Crippen molar-refractivity contribution in [1.82, 2.24) is 4.98 Å². The van der Waals surface area contributed by atoms with Crippen LogP contribution in [0.1, 0.15) is 11.3 Å². The molecule has 2 N–H and O–H groups in total. The number of alkyl halides is 3. The summed E-state index contributed by atoms with van der Waals surface area (Å²) in [5.74, 6) is 0.482. The van der Waals surface area contributed by atoms with E-state index >= 15 is 0 Å². The molecule has 0 bridgehead atoms. The fourth-order valence-electron chi connectivity index (χ4n) is 1.71. The molecular formula is C12H8ClF2N3O. The topological polar surface area (TPSA) is 71.9 Å². The minimum absolute atomic E-state index is 0.0956. The zero-order chi connectivity index (χ0) is 14.2. The molecule has 0 aliphatic rings. The molecule has 0 radical (unpaired) electrons. The number of anilines is 1. The van der Waals surface area contributed by atoms with Gasteiger partial charge in [-0.25, -0.2) is 4.98 Å². The van der Waals surface area contributed by atoms with Crippen LogP contribution in [0.3, 0.4) is 0 Å². The van der Waals surface area contributed by atoms with E-state index in [0.717, 1.165) is 0 Å². The van der Waals surface area contributed by atoms with Crippen molar-refractivity contribution >= 4 is 28.2 Å². The molecule has 98 valence electrons. The molecule has 0 saturated carbocycles. The van der Waals surface area contributed by atoms with Gasteiger partial charge in [0.1, 0.15) is 23.1 Å². The zero-order valence-electron chi connectivity index (χ0n) is 9.75.